The Labute approximate surface area is 190 Å². The molecule has 188 valence electrons. The quantitative estimate of drug-likeness (QED) is 0.139. The van der Waals surface area contributed by atoms with Crippen molar-refractivity contribution >= 4 is 8.32 Å². The monoisotopic (exact) mass is 470 g/mol. The summed E-state index contributed by atoms with van der Waals surface area (Å²) in [6.07, 6.45) is 0. The molecule has 10 heteroatoms. The summed E-state index contributed by atoms with van der Waals surface area (Å²) in [5.41, 5.74) is 0. The van der Waals surface area contributed by atoms with E-state index in [1.54, 1.807) is 0 Å². The maximum atomic E-state index is 5.70. The van der Waals surface area contributed by atoms with Crippen molar-refractivity contribution in [2.75, 3.05) is 112 Å². The van der Waals surface area contributed by atoms with Crippen molar-refractivity contribution in [2.24, 2.45) is 0 Å². The summed E-state index contributed by atoms with van der Waals surface area (Å²) < 4.78 is 48.8. The molecule has 0 saturated carbocycles. The molecule has 31 heavy (non-hydrogen) atoms. The van der Waals surface area contributed by atoms with Gasteiger partial charge in [-0.05, 0) is 26.6 Å². The topological polar surface area (TPSA) is 83.1 Å². The Balaban J connectivity index is 3.02. The predicted octanol–water partition coefficient (Wildman–Crippen LogP) is 1.99. The van der Waals surface area contributed by atoms with Crippen LogP contribution in [0.4, 0.5) is 0 Å². The van der Waals surface area contributed by atoms with Crippen LogP contribution in [0, 0.1) is 0 Å². The Morgan fingerprint density at radius 2 is 0.581 bits per heavy atom. The highest BCUT2D eigenvalue weighted by molar-refractivity contribution is 6.69. The fourth-order valence-electron chi connectivity index (χ4n) is 2.09. The van der Waals surface area contributed by atoms with Crippen molar-refractivity contribution in [1.29, 1.82) is 0 Å². The molecule has 0 bridgehead atoms. The molecule has 0 amide bonds. The molecular weight excluding hydrogens is 424 g/mol. The van der Waals surface area contributed by atoms with E-state index in [1.165, 1.54) is 0 Å². The number of rotatable bonds is 26. The van der Waals surface area contributed by atoms with Gasteiger partial charge in [0.15, 0.2) is 8.32 Å². The summed E-state index contributed by atoms with van der Waals surface area (Å²) in [4.78, 5) is 0. The van der Waals surface area contributed by atoms with Gasteiger partial charge in [0, 0.05) is 6.61 Å². The zero-order valence-corrected chi connectivity index (χ0v) is 21.2. The van der Waals surface area contributed by atoms with Gasteiger partial charge in [0.05, 0.1) is 106 Å². The number of hydrogen-bond donors (Lipinski definition) is 0. The predicted molar refractivity (Wildman–Crippen MR) is 122 cm³/mol. The zero-order chi connectivity index (χ0) is 22.9. The van der Waals surface area contributed by atoms with Gasteiger partial charge >= 0.3 is 0 Å². The molecule has 0 fully saturated rings. The first-order valence-corrected chi connectivity index (χ1v) is 14.7. The van der Waals surface area contributed by atoms with Crippen molar-refractivity contribution in [1.82, 2.24) is 0 Å². The minimum absolute atomic E-state index is 0.541. The maximum absolute atomic E-state index is 5.70. The lowest BCUT2D eigenvalue weighted by molar-refractivity contribution is -0.0234. The first-order valence-electron chi connectivity index (χ1n) is 11.3. The van der Waals surface area contributed by atoms with E-state index < -0.39 is 8.32 Å². The van der Waals surface area contributed by atoms with E-state index in [0.717, 1.165) is 6.61 Å². The SMILES string of the molecule is CCOCCOCCOCCOCCOCCOCCOCCOCCO[Si](C)(C)C. The standard InChI is InChI=1S/C21H46O9Si/c1-5-22-6-7-23-8-9-24-10-11-25-12-13-26-14-15-27-16-17-28-18-19-29-20-21-30-31(2,3)4/h5-21H2,1-4H3. The Kier molecular flexibility index (Phi) is 24.4. The third-order valence-corrected chi connectivity index (χ3v) is 4.64. The Bertz CT molecular complexity index is 343. The van der Waals surface area contributed by atoms with Crippen LogP contribution >= 0.6 is 0 Å². The van der Waals surface area contributed by atoms with Gasteiger partial charge in [-0.1, -0.05) is 0 Å². The van der Waals surface area contributed by atoms with E-state index in [4.69, 9.17) is 42.3 Å². The number of ether oxygens (including phenoxy) is 8. The molecule has 0 radical (unpaired) electrons. The molecule has 0 N–H and O–H groups in total. The smallest absolute Gasteiger partial charge is 0.183 e. The molecule has 0 aromatic carbocycles. The van der Waals surface area contributed by atoms with Crippen LogP contribution in [0.3, 0.4) is 0 Å². The highest BCUT2D eigenvalue weighted by Crippen LogP contribution is 2.01. The van der Waals surface area contributed by atoms with E-state index in [9.17, 15) is 0 Å². The molecule has 0 heterocycles. The van der Waals surface area contributed by atoms with Crippen LogP contribution in [0.15, 0.2) is 0 Å². The summed E-state index contributed by atoms with van der Waals surface area (Å²) in [6, 6.07) is 0. The highest BCUT2D eigenvalue weighted by atomic mass is 28.4. The minimum Gasteiger partial charge on any atom is -0.415 e. The average molecular weight is 471 g/mol. The molecule has 0 rings (SSSR count). The first-order chi connectivity index (χ1) is 15.1. The average Bonchev–Trinajstić information content (AvgIpc) is 2.73. The second-order valence-electron chi connectivity index (χ2n) is 7.44. The second kappa shape index (κ2) is 24.5. The third-order valence-electron chi connectivity index (χ3n) is 3.57. The van der Waals surface area contributed by atoms with Crippen LogP contribution in [0.5, 0.6) is 0 Å². The summed E-state index contributed by atoms with van der Waals surface area (Å²) in [7, 11) is -1.43. The normalized spacial score (nSPS) is 12.0. The highest BCUT2D eigenvalue weighted by Gasteiger charge is 2.12. The third kappa shape index (κ3) is 29.9. The Morgan fingerprint density at radius 1 is 0.355 bits per heavy atom. The summed E-state index contributed by atoms with van der Waals surface area (Å²) in [5, 5.41) is 0. The second-order valence-corrected chi connectivity index (χ2v) is 12.0. The minimum atomic E-state index is -1.43. The van der Waals surface area contributed by atoms with E-state index in [2.05, 4.69) is 19.6 Å². The molecular formula is C21H46O9Si. The van der Waals surface area contributed by atoms with Crippen LogP contribution in [-0.4, -0.2) is 121 Å². The maximum Gasteiger partial charge on any atom is 0.183 e. The van der Waals surface area contributed by atoms with E-state index in [1.807, 2.05) is 6.92 Å². The van der Waals surface area contributed by atoms with E-state index in [0.29, 0.717) is 106 Å². The summed E-state index contributed by atoms with van der Waals surface area (Å²) in [5.74, 6) is 0. The van der Waals surface area contributed by atoms with E-state index in [-0.39, 0.29) is 0 Å². The largest absolute Gasteiger partial charge is 0.415 e. The van der Waals surface area contributed by atoms with Crippen LogP contribution in [0.25, 0.3) is 0 Å². The Morgan fingerprint density at radius 3 is 0.806 bits per heavy atom. The fraction of sp³-hybridized carbons (Fsp3) is 1.00. The van der Waals surface area contributed by atoms with Crippen molar-refractivity contribution in [2.45, 2.75) is 26.6 Å². The first kappa shape index (κ1) is 30.9. The molecule has 0 aliphatic carbocycles. The van der Waals surface area contributed by atoms with Gasteiger partial charge in [-0.2, -0.15) is 0 Å². The van der Waals surface area contributed by atoms with Gasteiger partial charge in [0.25, 0.3) is 0 Å². The van der Waals surface area contributed by atoms with E-state index >= 15 is 0 Å². The van der Waals surface area contributed by atoms with Gasteiger partial charge in [-0.3, -0.25) is 0 Å². The van der Waals surface area contributed by atoms with Crippen LogP contribution in [0.2, 0.25) is 19.6 Å². The molecule has 0 aromatic heterocycles. The lowest BCUT2D eigenvalue weighted by atomic mass is 10.6. The molecule has 0 atom stereocenters. The molecule has 0 aliphatic rings. The van der Waals surface area contributed by atoms with Crippen LogP contribution in [0.1, 0.15) is 6.92 Å². The summed E-state index contributed by atoms with van der Waals surface area (Å²) in [6.45, 7) is 18.3. The molecule has 0 saturated heterocycles. The lowest BCUT2D eigenvalue weighted by Gasteiger charge is -2.16. The lowest BCUT2D eigenvalue weighted by Crippen LogP contribution is -2.27. The van der Waals surface area contributed by atoms with Gasteiger partial charge in [-0.15, -0.1) is 0 Å². The van der Waals surface area contributed by atoms with Crippen LogP contribution in [-0.2, 0) is 42.3 Å². The van der Waals surface area contributed by atoms with Crippen molar-refractivity contribution in [3.05, 3.63) is 0 Å². The van der Waals surface area contributed by atoms with Crippen molar-refractivity contribution < 1.29 is 42.3 Å². The summed E-state index contributed by atoms with van der Waals surface area (Å²) >= 11 is 0. The molecule has 0 spiro atoms. The van der Waals surface area contributed by atoms with Gasteiger partial charge in [-0.25, -0.2) is 0 Å². The molecule has 0 unspecified atom stereocenters. The van der Waals surface area contributed by atoms with Gasteiger partial charge in [0.1, 0.15) is 0 Å². The Hall–Kier alpha value is -0.143. The van der Waals surface area contributed by atoms with Gasteiger partial charge in [0.2, 0.25) is 0 Å². The number of hydrogen-bond acceptors (Lipinski definition) is 9. The van der Waals surface area contributed by atoms with Crippen LogP contribution < -0.4 is 0 Å². The van der Waals surface area contributed by atoms with Crippen molar-refractivity contribution in [3.63, 3.8) is 0 Å². The zero-order valence-electron chi connectivity index (χ0n) is 20.2. The molecule has 9 nitrogen and oxygen atoms in total. The molecule has 0 aromatic rings. The fourth-order valence-corrected chi connectivity index (χ4v) is 2.79. The van der Waals surface area contributed by atoms with Gasteiger partial charge < -0.3 is 42.3 Å². The van der Waals surface area contributed by atoms with Crippen molar-refractivity contribution in [3.8, 4) is 0 Å². The molecule has 0 aliphatic heterocycles.